The van der Waals surface area contributed by atoms with Crippen molar-refractivity contribution in [3.05, 3.63) is 29.8 Å². The second kappa shape index (κ2) is 4.37. The summed E-state index contributed by atoms with van der Waals surface area (Å²) < 4.78 is 0. The molecule has 4 heteroatoms. The van der Waals surface area contributed by atoms with E-state index in [1.54, 1.807) is 24.3 Å². The average Bonchev–Trinajstić information content (AvgIpc) is 2.24. The zero-order chi connectivity index (χ0) is 12.5. The number of para-hydroxylation sites is 1. The van der Waals surface area contributed by atoms with Crippen molar-refractivity contribution in [1.82, 2.24) is 0 Å². The monoisotopic (exact) mass is 235 g/mol. The summed E-state index contributed by atoms with van der Waals surface area (Å²) in [4.78, 5) is 11.5. The third kappa shape index (κ3) is 1.78. The van der Waals surface area contributed by atoms with Gasteiger partial charge in [-0.2, -0.15) is 0 Å². The molecule has 0 aromatic heterocycles. The number of benzene rings is 1. The molecule has 0 saturated heterocycles. The van der Waals surface area contributed by atoms with Crippen LogP contribution in [-0.2, 0) is 4.79 Å². The Morgan fingerprint density at radius 2 is 2.06 bits per heavy atom. The van der Waals surface area contributed by atoms with Gasteiger partial charge in [0.1, 0.15) is 5.75 Å². The Hall–Kier alpha value is -1.55. The van der Waals surface area contributed by atoms with Crippen LogP contribution in [-0.4, -0.2) is 22.7 Å². The van der Waals surface area contributed by atoms with E-state index < -0.39 is 11.4 Å². The van der Waals surface area contributed by atoms with Crippen LogP contribution < -0.4 is 5.73 Å². The zero-order valence-corrected chi connectivity index (χ0v) is 9.60. The predicted molar refractivity (Wildman–Crippen MR) is 63.8 cm³/mol. The van der Waals surface area contributed by atoms with E-state index in [9.17, 15) is 15.0 Å². The van der Waals surface area contributed by atoms with Gasteiger partial charge in [-0.25, -0.2) is 0 Å². The van der Waals surface area contributed by atoms with Gasteiger partial charge in [0.15, 0.2) is 0 Å². The normalized spacial score (nSPS) is 19.4. The van der Waals surface area contributed by atoms with E-state index in [4.69, 9.17) is 5.73 Å². The van der Waals surface area contributed by atoms with Crippen molar-refractivity contribution >= 4 is 5.97 Å². The molecule has 1 fully saturated rings. The summed E-state index contributed by atoms with van der Waals surface area (Å²) in [7, 11) is 0. The Bertz CT molecular complexity index is 426. The summed E-state index contributed by atoms with van der Waals surface area (Å²) in [5.74, 6) is -0.979. The molecule has 92 valence electrons. The molecule has 0 aliphatic heterocycles. The van der Waals surface area contributed by atoms with Crippen molar-refractivity contribution in [2.45, 2.75) is 25.2 Å². The number of phenols is 1. The predicted octanol–water partition coefficient (Wildman–Crippen LogP) is 1.69. The van der Waals surface area contributed by atoms with Crippen molar-refractivity contribution in [2.24, 2.45) is 11.1 Å². The van der Waals surface area contributed by atoms with Crippen LogP contribution >= 0.6 is 0 Å². The molecule has 0 heterocycles. The molecule has 1 aromatic rings. The first-order chi connectivity index (χ1) is 8.12. The van der Waals surface area contributed by atoms with Gasteiger partial charge in [-0.3, -0.25) is 4.79 Å². The molecule has 4 nitrogen and oxygen atoms in total. The van der Waals surface area contributed by atoms with Gasteiger partial charge < -0.3 is 15.9 Å². The maximum atomic E-state index is 11.5. The zero-order valence-electron chi connectivity index (χ0n) is 9.60. The van der Waals surface area contributed by atoms with Crippen LogP contribution in [0.3, 0.4) is 0 Å². The Labute approximate surface area is 100 Å². The van der Waals surface area contributed by atoms with Crippen molar-refractivity contribution < 1.29 is 15.0 Å². The standard InChI is InChI=1S/C13H17NO3/c14-8-10(9-4-1-2-5-11(9)15)13(12(16)17)6-3-7-13/h1-2,4-5,10,15H,3,6-8,14H2,(H,16,17)/t10-/m1/s1. The first kappa shape index (κ1) is 11.9. The third-order valence-electron chi connectivity index (χ3n) is 3.89. The lowest BCUT2D eigenvalue weighted by molar-refractivity contribution is -0.156. The lowest BCUT2D eigenvalue weighted by Gasteiger charge is -2.44. The van der Waals surface area contributed by atoms with Crippen LogP contribution in [0.25, 0.3) is 0 Å². The molecule has 0 spiro atoms. The lowest BCUT2D eigenvalue weighted by atomic mass is 9.59. The van der Waals surface area contributed by atoms with Gasteiger partial charge in [0.25, 0.3) is 0 Å². The molecule has 0 radical (unpaired) electrons. The van der Waals surface area contributed by atoms with E-state index in [0.717, 1.165) is 6.42 Å². The van der Waals surface area contributed by atoms with Crippen molar-refractivity contribution in [1.29, 1.82) is 0 Å². The van der Waals surface area contributed by atoms with E-state index in [0.29, 0.717) is 18.4 Å². The quantitative estimate of drug-likeness (QED) is 0.741. The van der Waals surface area contributed by atoms with Gasteiger partial charge in [0.05, 0.1) is 5.41 Å². The highest BCUT2D eigenvalue weighted by Crippen LogP contribution is 2.52. The molecule has 1 saturated carbocycles. The molecule has 0 amide bonds. The number of hydrogen-bond donors (Lipinski definition) is 3. The summed E-state index contributed by atoms with van der Waals surface area (Å²) >= 11 is 0. The van der Waals surface area contributed by atoms with Crippen LogP contribution in [0.4, 0.5) is 0 Å². The molecule has 1 aliphatic carbocycles. The van der Waals surface area contributed by atoms with Gasteiger partial charge in [-0.1, -0.05) is 24.6 Å². The summed E-state index contributed by atoms with van der Waals surface area (Å²) in [5.41, 5.74) is 5.60. The highest BCUT2D eigenvalue weighted by molar-refractivity contribution is 5.77. The average molecular weight is 235 g/mol. The van der Waals surface area contributed by atoms with Crippen LogP contribution in [0, 0.1) is 5.41 Å². The maximum Gasteiger partial charge on any atom is 0.310 e. The molecule has 2 rings (SSSR count). The van der Waals surface area contributed by atoms with Crippen molar-refractivity contribution in [3.63, 3.8) is 0 Å². The Kier molecular flexibility index (Phi) is 3.07. The van der Waals surface area contributed by atoms with E-state index in [2.05, 4.69) is 0 Å². The van der Waals surface area contributed by atoms with Gasteiger partial charge in [-0.15, -0.1) is 0 Å². The topological polar surface area (TPSA) is 83.5 Å². The first-order valence-corrected chi connectivity index (χ1v) is 5.83. The second-order valence-corrected chi connectivity index (χ2v) is 4.66. The largest absolute Gasteiger partial charge is 0.508 e. The van der Waals surface area contributed by atoms with Crippen molar-refractivity contribution in [2.75, 3.05) is 6.54 Å². The molecular weight excluding hydrogens is 218 g/mol. The van der Waals surface area contributed by atoms with Gasteiger partial charge >= 0.3 is 5.97 Å². The number of phenolic OH excluding ortho intramolecular Hbond substituents is 1. The number of rotatable bonds is 4. The minimum atomic E-state index is -0.803. The smallest absolute Gasteiger partial charge is 0.310 e. The lowest BCUT2D eigenvalue weighted by Crippen LogP contribution is -2.45. The number of aliphatic carboxylic acids is 1. The summed E-state index contributed by atoms with van der Waals surface area (Å²) in [5, 5.41) is 19.2. The Morgan fingerprint density at radius 3 is 2.47 bits per heavy atom. The maximum absolute atomic E-state index is 11.5. The molecule has 1 aromatic carbocycles. The molecule has 17 heavy (non-hydrogen) atoms. The first-order valence-electron chi connectivity index (χ1n) is 5.83. The summed E-state index contributed by atoms with van der Waals surface area (Å²) in [6, 6.07) is 6.86. The summed E-state index contributed by atoms with van der Waals surface area (Å²) in [6.45, 7) is 0.240. The summed E-state index contributed by atoms with van der Waals surface area (Å²) in [6.07, 6.45) is 2.19. The number of carboxylic acids is 1. The fourth-order valence-electron chi connectivity index (χ4n) is 2.70. The number of carboxylic acid groups (broad SMARTS) is 1. The van der Waals surface area contributed by atoms with Crippen molar-refractivity contribution in [3.8, 4) is 5.75 Å². The molecular formula is C13H17NO3. The van der Waals surface area contributed by atoms with Crippen LogP contribution in [0.5, 0.6) is 5.75 Å². The molecule has 1 atom stereocenters. The highest BCUT2D eigenvalue weighted by Gasteiger charge is 2.51. The number of nitrogens with two attached hydrogens (primary N) is 1. The molecule has 1 aliphatic rings. The van der Waals surface area contributed by atoms with E-state index >= 15 is 0 Å². The molecule has 0 unspecified atom stereocenters. The van der Waals surface area contributed by atoms with Gasteiger partial charge in [0.2, 0.25) is 0 Å². The Balaban J connectivity index is 2.40. The number of carbonyl (C=O) groups is 1. The molecule has 4 N–H and O–H groups in total. The van der Waals surface area contributed by atoms with E-state index in [1.807, 2.05) is 0 Å². The van der Waals surface area contributed by atoms with E-state index in [-0.39, 0.29) is 18.2 Å². The fraction of sp³-hybridized carbons (Fsp3) is 0.462. The van der Waals surface area contributed by atoms with E-state index in [1.165, 1.54) is 0 Å². The molecule has 0 bridgehead atoms. The van der Waals surface area contributed by atoms with Crippen LogP contribution in [0.2, 0.25) is 0 Å². The van der Waals surface area contributed by atoms with Crippen LogP contribution in [0.15, 0.2) is 24.3 Å². The minimum absolute atomic E-state index is 0.135. The fourth-order valence-corrected chi connectivity index (χ4v) is 2.70. The van der Waals surface area contributed by atoms with Crippen LogP contribution in [0.1, 0.15) is 30.7 Å². The van der Waals surface area contributed by atoms with Gasteiger partial charge in [0, 0.05) is 12.5 Å². The number of hydrogen-bond acceptors (Lipinski definition) is 3. The van der Waals surface area contributed by atoms with Gasteiger partial charge in [-0.05, 0) is 24.5 Å². The minimum Gasteiger partial charge on any atom is -0.508 e. The number of aromatic hydroxyl groups is 1. The highest BCUT2D eigenvalue weighted by atomic mass is 16.4. The second-order valence-electron chi connectivity index (χ2n) is 4.66. The third-order valence-corrected chi connectivity index (χ3v) is 3.89. The SMILES string of the molecule is NC[C@H](c1ccccc1O)C1(C(=O)O)CCC1. The Morgan fingerprint density at radius 1 is 1.41 bits per heavy atom.